The number of hydrogen-bond donors (Lipinski definition) is 4. The van der Waals surface area contributed by atoms with Crippen molar-refractivity contribution in [3.05, 3.63) is 72.3 Å². The predicted octanol–water partition coefficient (Wildman–Crippen LogP) is 2.21. The number of rotatable bonds is 9. The van der Waals surface area contributed by atoms with Gasteiger partial charge in [-0.3, -0.25) is 0 Å². The molecule has 7 heteroatoms. The summed E-state index contributed by atoms with van der Waals surface area (Å²) in [5, 5.41) is 29.9. The van der Waals surface area contributed by atoms with Crippen LogP contribution < -0.4 is 10.5 Å². The Bertz CT molecular complexity index is 1020. The molecule has 0 saturated heterocycles. The standard InChI is InChI=1S/C24H27N3O4/c1-3-21(27-13-12-26-24(27)16(2)29)23(30)18-10-8-17(9-11-18)20-6-4-5-7-22(20)31-15-19(25)14-28/h1,4-13,16,19,21,23,28-30H,14-15,25H2,2H3. The number of para-hydroxylation sites is 1. The molecule has 3 aromatic rings. The Morgan fingerprint density at radius 2 is 1.87 bits per heavy atom. The number of aliphatic hydroxyl groups excluding tert-OH is 3. The van der Waals surface area contributed by atoms with Gasteiger partial charge in [-0.15, -0.1) is 6.42 Å². The molecular weight excluding hydrogens is 394 g/mol. The monoisotopic (exact) mass is 421 g/mol. The van der Waals surface area contributed by atoms with Gasteiger partial charge in [0.05, 0.1) is 12.6 Å². The quantitative estimate of drug-likeness (QED) is 0.394. The maximum absolute atomic E-state index is 10.9. The van der Waals surface area contributed by atoms with Crippen LogP contribution in [0.3, 0.4) is 0 Å². The van der Waals surface area contributed by atoms with Crippen molar-refractivity contribution in [3.63, 3.8) is 0 Å². The van der Waals surface area contributed by atoms with Gasteiger partial charge < -0.3 is 30.4 Å². The van der Waals surface area contributed by atoms with Crippen molar-refractivity contribution in [2.45, 2.75) is 31.2 Å². The Morgan fingerprint density at radius 1 is 1.16 bits per heavy atom. The molecule has 1 heterocycles. The fraction of sp³-hybridized carbons (Fsp3) is 0.292. The highest BCUT2D eigenvalue weighted by Crippen LogP contribution is 2.33. The Kier molecular flexibility index (Phi) is 7.45. The molecule has 5 N–H and O–H groups in total. The second-order valence-electron chi connectivity index (χ2n) is 7.30. The van der Waals surface area contributed by atoms with E-state index in [4.69, 9.17) is 22.0 Å². The molecule has 0 aliphatic rings. The molecule has 4 atom stereocenters. The fourth-order valence-corrected chi connectivity index (χ4v) is 3.33. The minimum Gasteiger partial charge on any atom is -0.491 e. The van der Waals surface area contributed by atoms with E-state index in [2.05, 4.69) is 10.9 Å². The molecule has 7 nitrogen and oxygen atoms in total. The van der Waals surface area contributed by atoms with Gasteiger partial charge in [0, 0.05) is 18.0 Å². The molecule has 0 spiro atoms. The summed E-state index contributed by atoms with van der Waals surface area (Å²) in [5.74, 6) is 3.64. The summed E-state index contributed by atoms with van der Waals surface area (Å²) in [7, 11) is 0. The van der Waals surface area contributed by atoms with Gasteiger partial charge in [-0.1, -0.05) is 48.4 Å². The number of nitrogens with zero attached hydrogens (tertiary/aromatic N) is 2. The minimum atomic E-state index is -0.986. The second-order valence-corrected chi connectivity index (χ2v) is 7.30. The third kappa shape index (κ3) is 5.13. The molecule has 31 heavy (non-hydrogen) atoms. The van der Waals surface area contributed by atoms with E-state index < -0.39 is 24.3 Å². The Labute approximate surface area is 181 Å². The number of aliphatic hydroxyl groups is 3. The van der Waals surface area contributed by atoms with Gasteiger partial charge in [-0.2, -0.15) is 0 Å². The van der Waals surface area contributed by atoms with Crippen molar-refractivity contribution in [1.82, 2.24) is 9.55 Å². The van der Waals surface area contributed by atoms with Crippen LogP contribution in [0.5, 0.6) is 5.75 Å². The van der Waals surface area contributed by atoms with Crippen LogP contribution in [0.4, 0.5) is 0 Å². The van der Waals surface area contributed by atoms with E-state index in [9.17, 15) is 10.2 Å². The van der Waals surface area contributed by atoms with Gasteiger partial charge in [0.2, 0.25) is 0 Å². The molecular formula is C24H27N3O4. The maximum atomic E-state index is 10.9. The topological polar surface area (TPSA) is 114 Å². The third-order valence-corrected chi connectivity index (χ3v) is 4.98. The molecule has 162 valence electrons. The summed E-state index contributed by atoms with van der Waals surface area (Å²) in [6.07, 6.45) is 7.09. The van der Waals surface area contributed by atoms with Gasteiger partial charge in [0.25, 0.3) is 0 Å². The van der Waals surface area contributed by atoms with Gasteiger partial charge in [-0.05, 0) is 24.1 Å². The lowest BCUT2D eigenvalue weighted by atomic mass is 9.98. The largest absolute Gasteiger partial charge is 0.491 e. The van der Waals surface area contributed by atoms with E-state index >= 15 is 0 Å². The highest BCUT2D eigenvalue weighted by atomic mass is 16.5. The lowest BCUT2D eigenvalue weighted by Crippen LogP contribution is -2.31. The third-order valence-electron chi connectivity index (χ3n) is 4.98. The van der Waals surface area contributed by atoms with Gasteiger partial charge in [0.15, 0.2) is 0 Å². The minimum absolute atomic E-state index is 0.154. The molecule has 0 radical (unpaired) electrons. The van der Waals surface area contributed by atoms with Crippen LogP contribution in [0.15, 0.2) is 60.9 Å². The molecule has 0 fully saturated rings. The van der Waals surface area contributed by atoms with Crippen LogP contribution in [0.25, 0.3) is 11.1 Å². The zero-order valence-electron chi connectivity index (χ0n) is 17.3. The number of imidazole rings is 1. The normalized spacial score (nSPS) is 15.0. The second kappa shape index (κ2) is 10.2. The average Bonchev–Trinajstić information content (AvgIpc) is 3.28. The number of nitrogens with two attached hydrogens (primary N) is 1. The SMILES string of the molecule is C#CC(C(O)c1ccc(-c2ccccc2OCC(N)CO)cc1)n1ccnc1C(C)O. The number of terminal acetylenes is 1. The molecule has 1 aromatic heterocycles. The van der Waals surface area contributed by atoms with Crippen LogP contribution in [-0.2, 0) is 0 Å². The smallest absolute Gasteiger partial charge is 0.138 e. The first-order valence-electron chi connectivity index (χ1n) is 9.99. The first kappa shape index (κ1) is 22.5. The molecule has 0 bridgehead atoms. The molecule has 0 amide bonds. The predicted molar refractivity (Wildman–Crippen MR) is 118 cm³/mol. The van der Waals surface area contributed by atoms with Gasteiger partial charge in [0.1, 0.15) is 36.4 Å². The van der Waals surface area contributed by atoms with Gasteiger partial charge >= 0.3 is 0 Å². The van der Waals surface area contributed by atoms with Crippen molar-refractivity contribution in [1.29, 1.82) is 0 Å². The fourth-order valence-electron chi connectivity index (χ4n) is 3.33. The van der Waals surface area contributed by atoms with Crippen LogP contribution in [0.2, 0.25) is 0 Å². The zero-order chi connectivity index (χ0) is 22.4. The number of benzene rings is 2. The van der Waals surface area contributed by atoms with Gasteiger partial charge in [-0.25, -0.2) is 4.98 Å². The first-order chi connectivity index (χ1) is 15.0. The van der Waals surface area contributed by atoms with E-state index in [1.54, 1.807) is 36.0 Å². The van der Waals surface area contributed by atoms with Crippen molar-refractivity contribution < 1.29 is 20.1 Å². The van der Waals surface area contributed by atoms with E-state index in [0.717, 1.165) is 11.1 Å². The first-order valence-corrected chi connectivity index (χ1v) is 9.99. The maximum Gasteiger partial charge on any atom is 0.138 e. The highest BCUT2D eigenvalue weighted by molar-refractivity contribution is 5.70. The Hall–Kier alpha value is -3.15. The summed E-state index contributed by atoms with van der Waals surface area (Å²) in [6.45, 7) is 1.64. The van der Waals surface area contributed by atoms with E-state index in [1.807, 2.05) is 36.4 Å². The van der Waals surface area contributed by atoms with Crippen molar-refractivity contribution >= 4 is 0 Å². The van der Waals surface area contributed by atoms with Crippen molar-refractivity contribution in [2.75, 3.05) is 13.2 Å². The van der Waals surface area contributed by atoms with Crippen LogP contribution in [-0.4, -0.2) is 44.1 Å². The van der Waals surface area contributed by atoms with E-state index in [0.29, 0.717) is 17.1 Å². The van der Waals surface area contributed by atoms with E-state index in [1.165, 1.54) is 0 Å². The molecule has 4 unspecified atom stereocenters. The summed E-state index contributed by atoms with van der Waals surface area (Å²) in [6, 6.07) is 13.7. The molecule has 0 saturated carbocycles. The molecule has 2 aromatic carbocycles. The number of aromatic nitrogens is 2. The summed E-state index contributed by atoms with van der Waals surface area (Å²) in [4.78, 5) is 4.13. The molecule has 3 rings (SSSR count). The Balaban J connectivity index is 1.83. The zero-order valence-corrected chi connectivity index (χ0v) is 17.3. The van der Waals surface area contributed by atoms with Crippen molar-refractivity contribution in [3.8, 4) is 29.2 Å². The lowest BCUT2D eigenvalue weighted by Gasteiger charge is -2.23. The summed E-state index contributed by atoms with van der Waals surface area (Å²) >= 11 is 0. The lowest BCUT2D eigenvalue weighted by molar-refractivity contribution is 0.127. The van der Waals surface area contributed by atoms with Crippen LogP contribution >= 0.6 is 0 Å². The highest BCUT2D eigenvalue weighted by Gasteiger charge is 2.24. The number of ether oxygens (including phenoxy) is 1. The molecule has 0 aliphatic carbocycles. The van der Waals surface area contributed by atoms with Crippen LogP contribution in [0, 0.1) is 12.3 Å². The Morgan fingerprint density at radius 3 is 2.52 bits per heavy atom. The average molecular weight is 421 g/mol. The summed E-state index contributed by atoms with van der Waals surface area (Å²) in [5.41, 5.74) is 8.13. The van der Waals surface area contributed by atoms with Crippen molar-refractivity contribution in [2.24, 2.45) is 5.73 Å². The van der Waals surface area contributed by atoms with Crippen LogP contribution in [0.1, 0.15) is 36.6 Å². The molecule has 0 aliphatic heterocycles. The van der Waals surface area contributed by atoms with E-state index in [-0.39, 0.29) is 13.2 Å². The summed E-state index contributed by atoms with van der Waals surface area (Å²) < 4.78 is 7.38. The number of hydrogen-bond acceptors (Lipinski definition) is 6.